The first-order valence-corrected chi connectivity index (χ1v) is 25.6. The molecule has 0 bridgehead atoms. The van der Waals surface area contributed by atoms with Crippen molar-refractivity contribution in [3.63, 3.8) is 0 Å². The predicted octanol–water partition coefficient (Wildman–Crippen LogP) is 2.90. The second kappa shape index (κ2) is 25.4. The molecule has 0 spiro atoms. The van der Waals surface area contributed by atoms with Crippen molar-refractivity contribution in [1.29, 1.82) is 0 Å². The number of ether oxygens (including phenoxy) is 1. The van der Waals surface area contributed by atoms with Gasteiger partial charge in [0.15, 0.2) is 0 Å². The Morgan fingerprint density at radius 3 is 2.38 bits per heavy atom. The lowest BCUT2D eigenvalue weighted by molar-refractivity contribution is -0.250. The summed E-state index contributed by atoms with van der Waals surface area (Å²) in [5, 5.41) is 25.9. The van der Waals surface area contributed by atoms with Crippen LogP contribution in [0.2, 0.25) is 5.02 Å². The summed E-state index contributed by atoms with van der Waals surface area (Å²) in [5.74, 6) is -6.65. The van der Waals surface area contributed by atoms with Crippen molar-refractivity contribution in [1.82, 2.24) is 50.6 Å². The molecule has 74 heavy (non-hydrogen) atoms. The molecule has 5 N–H and O–H groups in total. The van der Waals surface area contributed by atoms with E-state index >= 15 is 0 Å². The van der Waals surface area contributed by atoms with Crippen molar-refractivity contribution in [3.8, 4) is 11.1 Å². The van der Waals surface area contributed by atoms with Crippen LogP contribution in [0.5, 0.6) is 0 Å². The first kappa shape index (κ1) is 59.5. The molecule has 24 heteroatoms. The van der Waals surface area contributed by atoms with Crippen LogP contribution < -0.4 is 21.3 Å². The Kier molecular flexibility index (Phi) is 20.4. The Bertz CT molecular complexity index is 2330. The number of unbranched alkanes of at least 4 members (excludes halogenated alkanes) is 1. The number of hydrogen-bond donors (Lipinski definition) is 5. The molecular formula is C50H73ClF4N10O9. The summed E-state index contributed by atoms with van der Waals surface area (Å²) in [7, 11) is 4.51. The van der Waals surface area contributed by atoms with Crippen LogP contribution in [-0.2, 0) is 51.8 Å². The van der Waals surface area contributed by atoms with Gasteiger partial charge in [-0.15, -0.1) is 0 Å². The van der Waals surface area contributed by atoms with E-state index in [4.69, 9.17) is 16.3 Å². The normalized spacial score (nSPS) is 24.2. The fourth-order valence-electron chi connectivity index (χ4n) is 9.47. The largest absolute Gasteiger partial charge is 0.426 e. The molecule has 3 aliphatic heterocycles. The van der Waals surface area contributed by atoms with Gasteiger partial charge in [-0.3, -0.25) is 43.1 Å². The number of rotatable bonds is 15. The topological polar surface area (TPSA) is 228 Å². The Hall–Kier alpha value is -5.39. The average Bonchev–Trinajstić information content (AvgIpc) is 3.95. The standard InChI is InChI=1S/C50H73ClF4N10O9/c1-30(2)23-37-45(70)63(8)39(25-31-24-33(51)15-16-35(31)32-27-57-61(6)28-32)43(68)60-48(3,4)46(71)56-17-11-9-14-38(41(66)59-37)62(7)44(69)36(13-10-12-18-64-19-21-74-22-20-64)58-42(67)40-26-34(52)29-65(40)47(72)49(5,73)50(53,54)55/h15-16,24,27-28,30,34,36-40,73H,9-14,17-23,25-26,29H2,1-8H3,(H,56,71)(H,58,67)(H,59,66)(H,60,68)/t34-,36+,37+,38+,39+,40+,49-/m1/s1. The minimum absolute atomic E-state index is 0.00429. The van der Waals surface area contributed by atoms with Crippen LogP contribution in [0.1, 0.15) is 91.5 Å². The highest BCUT2D eigenvalue weighted by molar-refractivity contribution is 6.30. The van der Waals surface area contributed by atoms with E-state index in [1.165, 1.54) is 32.8 Å². The van der Waals surface area contributed by atoms with Crippen LogP contribution in [0.4, 0.5) is 17.6 Å². The molecule has 5 rings (SSSR count). The summed E-state index contributed by atoms with van der Waals surface area (Å²) < 4.78 is 63.5. The summed E-state index contributed by atoms with van der Waals surface area (Å²) >= 11 is 6.52. The SMILES string of the molecule is CC(C)C[C@@H]1NC(=O)[C@@H](N(C)C(=O)[C@H](CCCCN2CCOCC2)NC(=O)[C@@H]2C[C@@H](F)CN2C(=O)[C@@](C)(O)C(F)(F)F)CCCCNC(=O)C(C)(C)NC(=O)[C@H](Cc2cc(Cl)ccc2-c2cnn(C)c2)N(C)C1=O. The number of aryl methyl sites for hydroxylation is 1. The van der Waals surface area contributed by atoms with E-state index < -0.39 is 108 Å². The van der Waals surface area contributed by atoms with Crippen molar-refractivity contribution >= 4 is 53.0 Å². The zero-order valence-electron chi connectivity index (χ0n) is 43.5. The fraction of sp³-hybridized carbons (Fsp3) is 0.680. The van der Waals surface area contributed by atoms with Crippen molar-refractivity contribution in [3.05, 3.63) is 41.2 Å². The number of nitrogens with zero attached hydrogens (tertiary/aromatic N) is 6. The van der Waals surface area contributed by atoms with Crippen LogP contribution in [0.15, 0.2) is 30.6 Å². The van der Waals surface area contributed by atoms with Crippen molar-refractivity contribution in [2.24, 2.45) is 13.0 Å². The minimum atomic E-state index is -5.46. The molecule has 4 heterocycles. The third-order valence-electron chi connectivity index (χ3n) is 14.0. The zero-order valence-corrected chi connectivity index (χ0v) is 44.3. The van der Waals surface area contributed by atoms with Gasteiger partial charge in [0.2, 0.25) is 41.0 Å². The molecule has 3 fully saturated rings. The molecule has 3 aliphatic rings. The molecule has 0 radical (unpaired) electrons. The van der Waals surface area contributed by atoms with E-state index in [0.717, 1.165) is 4.90 Å². The van der Waals surface area contributed by atoms with Crippen molar-refractivity contribution < 1.29 is 61.0 Å². The quantitative estimate of drug-likeness (QED) is 0.129. The molecule has 412 valence electrons. The fourth-order valence-corrected chi connectivity index (χ4v) is 9.67. The number of carbonyl (C=O) groups is 7. The van der Waals surface area contributed by atoms with Crippen LogP contribution in [0, 0.1) is 5.92 Å². The number of likely N-dealkylation sites (tertiary alicyclic amines) is 1. The number of likely N-dealkylation sites (N-methyl/N-ethyl adjacent to an activating group) is 2. The van der Waals surface area contributed by atoms with Crippen LogP contribution in [0.25, 0.3) is 11.1 Å². The van der Waals surface area contributed by atoms with Crippen LogP contribution in [0.3, 0.4) is 0 Å². The number of alkyl halides is 4. The summed E-state index contributed by atoms with van der Waals surface area (Å²) in [6, 6.07) is -1.95. The van der Waals surface area contributed by atoms with Gasteiger partial charge in [-0.2, -0.15) is 18.3 Å². The molecule has 7 amide bonds. The number of aromatic nitrogens is 2. The third-order valence-corrected chi connectivity index (χ3v) is 14.2. The lowest BCUT2D eigenvalue weighted by Crippen LogP contribution is -2.62. The molecular weight excluding hydrogens is 996 g/mol. The number of nitrogens with one attached hydrogen (secondary N) is 4. The first-order chi connectivity index (χ1) is 34.6. The molecule has 0 unspecified atom stereocenters. The summed E-state index contributed by atoms with van der Waals surface area (Å²) in [6.45, 7) is 9.19. The van der Waals surface area contributed by atoms with E-state index in [1.54, 1.807) is 42.3 Å². The maximum atomic E-state index is 15.0. The lowest BCUT2D eigenvalue weighted by Gasteiger charge is -2.36. The smallest absolute Gasteiger partial charge is 0.379 e. The molecule has 1 aromatic carbocycles. The Morgan fingerprint density at radius 2 is 1.74 bits per heavy atom. The predicted molar refractivity (Wildman–Crippen MR) is 266 cm³/mol. The molecule has 1 aromatic heterocycles. The van der Waals surface area contributed by atoms with Gasteiger partial charge < -0.3 is 45.8 Å². The average molecular weight is 1070 g/mol. The Labute approximate surface area is 434 Å². The first-order valence-electron chi connectivity index (χ1n) is 25.2. The molecule has 2 aromatic rings. The lowest BCUT2D eigenvalue weighted by atomic mass is 9.94. The van der Waals surface area contributed by atoms with Crippen LogP contribution >= 0.6 is 11.6 Å². The van der Waals surface area contributed by atoms with E-state index in [0.29, 0.717) is 78.7 Å². The van der Waals surface area contributed by atoms with Gasteiger partial charge in [-0.05, 0) is 101 Å². The number of amides is 7. The number of halogens is 5. The Morgan fingerprint density at radius 1 is 1.05 bits per heavy atom. The van der Waals surface area contributed by atoms with Crippen molar-refractivity contribution in [2.45, 2.75) is 146 Å². The van der Waals surface area contributed by atoms with Gasteiger partial charge in [0.05, 0.1) is 26.0 Å². The van der Waals surface area contributed by atoms with E-state index in [-0.39, 0.29) is 51.5 Å². The summed E-state index contributed by atoms with van der Waals surface area (Å²) in [6.07, 6.45) is -3.27. The molecule has 0 saturated carbocycles. The van der Waals surface area contributed by atoms with E-state index in [1.807, 2.05) is 13.8 Å². The van der Waals surface area contributed by atoms with Gasteiger partial charge in [-0.25, -0.2) is 4.39 Å². The number of benzene rings is 1. The monoisotopic (exact) mass is 1070 g/mol. The molecule has 19 nitrogen and oxygen atoms in total. The van der Waals surface area contributed by atoms with Gasteiger partial charge in [0, 0.05) is 70.4 Å². The number of hydrogen-bond acceptors (Lipinski definition) is 11. The van der Waals surface area contributed by atoms with Crippen molar-refractivity contribution in [2.75, 3.05) is 60.0 Å². The third kappa shape index (κ3) is 15.1. The Balaban J connectivity index is 1.48. The van der Waals surface area contributed by atoms with E-state index in [2.05, 4.69) is 31.3 Å². The second-order valence-corrected chi connectivity index (χ2v) is 21.2. The van der Waals surface area contributed by atoms with Gasteiger partial charge in [-0.1, -0.05) is 31.5 Å². The maximum Gasteiger partial charge on any atom is 0.426 e. The second-order valence-electron chi connectivity index (χ2n) is 20.8. The highest BCUT2D eigenvalue weighted by Crippen LogP contribution is 2.35. The highest BCUT2D eigenvalue weighted by Gasteiger charge is 2.59. The zero-order chi connectivity index (χ0) is 54.9. The van der Waals surface area contributed by atoms with Gasteiger partial charge in [0.25, 0.3) is 5.91 Å². The number of morpholine rings is 1. The molecule has 7 atom stereocenters. The molecule has 3 saturated heterocycles. The molecule has 0 aliphatic carbocycles. The van der Waals surface area contributed by atoms with Crippen LogP contribution in [-0.4, -0.2) is 190 Å². The maximum absolute atomic E-state index is 15.0. The van der Waals surface area contributed by atoms with Gasteiger partial charge >= 0.3 is 6.18 Å². The van der Waals surface area contributed by atoms with Gasteiger partial charge in [0.1, 0.15) is 41.9 Å². The summed E-state index contributed by atoms with van der Waals surface area (Å²) in [5.41, 5.74) is -3.43. The number of aliphatic hydroxyl groups is 1. The van der Waals surface area contributed by atoms with E-state index in [9.17, 15) is 56.2 Å². The highest BCUT2D eigenvalue weighted by atomic mass is 35.5. The minimum Gasteiger partial charge on any atom is -0.379 e. The number of carbonyl (C=O) groups excluding carboxylic acids is 7. The summed E-state index contributed by atoms with van der Waals surface area (Å²) in [4.78, 5) is 105.